The van der Waals surface area contributed by atoms with Crippen molar-refractivity contribution in [2.24, 2.45) is 29.1 Å². The molecule has 0 radical (unpaired) electrons. The summed E-state index contributed by atoms with van der Waals surface area (Å²) in [6.07, 6.45) is 6.78. The largest absolute Gasteiger partial charge is 0.444 e. The number of amides is 3. The Bertz CT molecular complexity index is 1030. The molecule has 1 spiro atoms. The lowest BCUT2D eigenvalue weighted by molar-refractivity contribution is -0.133. The van der Waals surface area contributed by atoms with Crippen LogP contribution in [-0.4, -0.2) is 47.5 Å². The maximum absolute atomic E-state index is 13.6. The Kier molecular flexibility index (Phi) is 5.78. The number of allylic oxidation sites excluding steroid dienone is 2. The van der Waals surface area contributed by atoms with Crippen LogP contribution in [0.4, 0.5) is 10.5 Å². The summed E-state index contributed by atoms with van der Waals surface area (Å²) in [5, 5.41) is 6.21. The van der Waals surface area contributed by atoms with Gasteiger partial charge in [-0.15, -0.1) is 0 Å². The van der Waals surface area contributed by atoms with E-state index in [-0.39, 0.29) is 53.0 Å². The second-order valence-corrected chi connectivity index (χ2v) is 12.1. The zero-order valence-electron chi connectivity index (χ0n) is 19.8. The van der Waals surface area contributed by atoms with Gasteiger partial charge in [0, 0.05) is 29.3 Å². The average Bonchev–Trinajstić information content (AvgIpc) is 3.18. The molecular formula is C26H32BrN3O4. The molecule has 3 aliphatic carbocycles. The van der Waals surface area contributed by atoms with Crippen molar-refractivity contribution < 1.29 is 19.1 Å². The van der Waals surface area contributed by atoms with Crippen LogP contribution in [0.25, 0.3) is 0 Å². The minimum absolute atomic E-state index is 0.0714. The van der Waals surface area contributed by atoms with Crippen molar-refractivity contribution in [2.45, 2.75) is 51.7 Å². The molecule has 3 amide bonds. The SMILES string of the molecule is CC(C)(C)OC(=O)N1CCC(NC(=O)[C@H]2[C@H](C(=O)Nc3ccc(Br)cc3)[C@@H]3C=C[C@H]2C32CC2)C1. The van der Waals surface area contributed by atoms with Crippen molar-refractivity contribution in [1.29, 1.82) is 0 Å². The first kappa shape index (κ1) is 23.4. The van der Waals surface area contributed by atoms with E-state index in [1.807, 2.05) is 45.0 Å². The third-order valence-electron chi connectivity index (χ3n) is 7.75. The fraction of sp³-hybridized carbons (Fsp3) is 0.577. The van der Waals surface area contributed by atoms with Gasteiger partial charge in [0.2, 0.25) is 11.8 Å². The van der Waals surface area contributed by atoms with Gasteiger partial charge in [0.15, 0.2) is 0 Å². The van der Waals surface area contributed by atoms with Crippen LogP contribution in [0.3, 0.4) is 0 Å². The van der Waals surface area contributed by atoms with Gasteiger partial charge < -0.3 is 20.3 Å². The summed E-state index contributed by atoms with van der Waals surface area (Å²) in [5.41, 5.74) is 0.247. The highest BCUT2D eigenvalue weighted by Gasteiger charge is 2.69. The lowest BCUT2D eigenvalue weighted by atomic mass is 9.81. The Morgan fingerprint density at radius 2 is 1.65 bits per heavy atom. The number of anilines is 1. The molecule has 4 aliphatic rings. The topological polar surface area (TPSA) is 87.7 Å². The van der Waals surface area contributed by atoms with Gasteiger partial charge in [-0.25, -0.2) is 4.79 Å². The summed E-state index contributed by atoms with van der Waals surface area (Å²) in [6.45, 7) is 6.51. The fourth-order valence-corrected chi connectivity index (χ4v) is 6.40. The van der Waals surface area contributed by atoms with E-state index in [1.165, 1.54) is 0 Å². The molecule has 182 valence electrons. The predicted octanol–water partition coefficient (Wildman–Crippen LogP) is 4.34. The number of ether oxygens (including phenoxy) is 1. The number of benzene rings is 1. The fourth-order valence-electron chi connectivity index (χ4n) is 6.14. The molecule has 2 saturated carbocycles. The molecule has 1 aromatic rings. The van der Waals surface area contributed by atoms with Crippen molar-refractivity contribution in [3.8, 4) is 0 Å². The molecule has 34 heavy (non-hydrogen) atoms. The van der Waals surface area contributed by atoms with Gasteiger partial charge in [0.25, 0.3) is 0 Å². The zero-order valence-corrected chi connectivity index (χ0v) is 21.4. The monoisotopic (exact) mass is 529 g/mol. The molecule has 2 bridgehead atoms. The summed E-state index contributed by atoms with van der Waals surface area (Å²) in [6, 6.07) is 7.36. The molecular weight excluding hydrogens is 498 g/mol. The van der Waals surface area contributed by atoms with Crippen molar-refractivity contribution >= 4 is 39.5 Å². The average molecular weight is 530 g/mol. The van der Waals surface area contributed by atoms with Crippen molar-refractivity contribution in [2.75, 3.05) is 18.4 Å². The number of hydrogen-bond acceptors (Lipinski definition) is 4. The van der Waals surface area contributed by atoms with Crippen molar-refractivity contribution in [3.63, 3.8) is 0 Å². The molecule has 5 rings (SSSR count). The van der Waals surface area contributed by atoms with Crippen molar-refractivity contribution in [1.82, 2.24) is 10.2 Å². The lowest BCUT2D eigenvalue weighted by Gasteiger charge is -2.28. The predicted molar refractivity (Wildman–Crippen MR) is 132 cm³/mol. The van der Waals surface area contributed by atoms with E-state index < -0.39 is 5.60 Å². The van der Waals surface area contributed by atoms with Crippen LogP contribution < -0.4 is 10.6 Å². The normalized spacial score (nSPS) is 30.5. The summed E-state index contributed by atoms with van der Waals surface area (Å²) < 4.78 is 6.42. The Hall–Kier alpha value is -2.35. The summed E-state index contributed by atoms with van der Waals surface area (Å²) >= 11 is 3.42. The maximum atomic E-state index is 13.6. The number of likely N-dealkylation sites (tertiary alicyclic amines) is 1. The Morgan fingerprint density at radius 1 is 1.03 bits per heavy atom. The van der Waals surface area contributed by atoms with Crippen LogP contribution in [-0.2, 0) is 14.3 Å². The third kappa shape index (κ3) is 4.25. The quantitative estimate of drug-likeness (QED) is 0.567. The minimum Gasteiger partial charge on any atom is -0.444 e. The lowest BCUT2D eigenvalue weighted by Crippen LogP contribution is -2.46. The molecule has 2 N–H and O–H groups in total. The Morgan fingerprint density at radius 3 is 2.24 bits per heavy atom. The second-order valence-electron chi connectivity index (χ2n) is 11.1. The first-order valence-corrected chi connectivity index (χ1v) is 12.9. The third-order valence-corrected chi connectivity index (χ3v) is 8.27. The van der Waals surface area contributed by atoms with E-state index in [4.69, 9.17) is 4.74 Å². The van der Waals surface area contributed by atoms with Gasteiger partial charge in [-0.3, -0.25) is 9.59 Å². The number of rotatable bonds is 4. The molecule has 1 unspecified atom stereocenters. The van der Waals surface area contributed by atoms with Crippen LogP contribution in [0.2, 0.25) is 0 Å². The minimum atomic E-state index is -0.554. The number of nitrogens with one attached hydrogen (secondary N) is 2. The van der Waals surface area contributed by atoms with Gasteiger partial charge in [-0.2, -0.15) is 0 Å². The van der Waals surface area contributed by atoms with Crippen LogP contribution in [0, 0.1) is 29.1 Å². The molecule has 1 aromatic carbocycles. The number of carbonyl (C=O) groups is 3. The number of nitrogens with zero attached hydrogens (tertiary/aromatic N) is 1. The van der Waals surface area contributed by atoms with Crippen LogP contribution >= 0.6 is 15.9 Å². The zero-order chi connectivity index (χ0) is 24.3. The Balaban J connectivity index is 1.27. The Labute approximate surface area is 208 Å². The highest BCUT2D eigenvalue weighted by molar-refractivity contribution is 9.10. The van der Waals surface area contributed by atoms with Crippen LogP contribution in [0.1, 0.15) is 40.0 Å². The summed E-state index contributed by atoms with van der Waals surface area (Å²) in [4.78, 5) is 41.0. The van der Waals surface area contributed by atoms with E-state index >= 15 is 0 Å². The van der Waals surface area contributed by atoms with Gasteiger partial charge >= 0.3 is 6.09 Å². The number of carbonyl (C=O) groups excluding carboxylic acids is 3. The molecule has 1 aliphatic heterocycles. The van der Waals surface area contributed by atoms with E-state index in [9.17, 15) is 14.4 Å². The summed E-state index contributed by atoms with van der Waals surface area (Å²) in [7, 11) is 0. The first-order valence-electron chi connectivity index (χ1n) is 12.1. The van der Waals surface area contributed by atoms with Crippen molar-refractivity contribution in [3.05, 3.63) is 40.9 Å². The standard InChI is InChI=1S/C26H32BrN3O4/c1-25(2,3)34-24(33)30-13-10-17(14-30)29-23(32)21-19-9-8-18(26(19)11-12-26)20(21)22(31)28-16-6-4-15(27)5-7-16/h4-9,17-21H,10-14H2,1-3H3,(H,28,31)(H,29,32)/t17?,18-,19+,20+,21+/m0/s1. The highest BCUT2D eigenvalue weighted by atomic mass is 79.9. The second kappa shape index (κ2) is 8.40. The molecule has 1 saturated heterocycles. The molecule has 1 heterocycles. The number of hydrogen-bond donors (Lipinski definition) is 2. The van der Waals surface area contributed by atoms with Crippen LogP contribution in [0.5, 0.6) is 0 Å². The smallest absolute Gasteiger partial charge is 0.410 e. The molecule has 0 aromatic heterocycles. The van der Waals surface area contributed by atoms with Gasteiger partial charge in [0.05, 0.1) is 11.8 Å². The molecule has 5 atom stereocenters. The van der Waals surface area contributed by atoms with E-state index in [2.05, 4.69) is 38.7 Å². The van der Waals surface area contributed by atoms with Gasteiger partial charge in [0.1, 0.15) is 5.60 Å². The number of halogens is 1. The molecule has 8 heteroatoms. The first-order chi connectivity index (χ1) is 16.1. The van der Waals surface area contributed by atoms with E-state index in [0.29, 0.717) is 19.5 Å². The molecule has 3 fully saturated rings. The van der Waals surface area contributed by atoms with Gasteiger partial charge in [-0.05, 0) is 81.5 Å². The molecule has 7 nitrogen and oxygen atoms in total. The summed E-state index contributed by atoms with van der Waals surface area (Å²) in [5.74, 6) is -0.734. The van der Waals surface area contributed by atoms with Crippen LogP contribution in [0.15, 0.2) is 40.9 Å². The maximum Gasteiger partial charge on any atom is 0.410 e. The van der Waals surface area contributed by atoms with Gasteiger partial charge in [-0.1, -0.05) is 28.1 Å². The van der Waals surface area contributed by atoms with E-state index in [1.54, 1.807) is 4.90 Å². The van der Waals surface area contributed by atoms with E-state index in [0.717, 1.165) is 23.0 Å². The highest BCUT2D eigenvalue weighted by Crippen LogP contribution is 2.72.